The Labute approximate surface area is 581 Å². The Morgan fingerprint density at radius 1 is 0.316 bits per heavy atom. The molecule has 0 N–H and O–H groups in total. The van der Waals surface area contributed by atoms with Crippen LogP contribution < -0.4 is 5.11 Å². The van der Waals surface area contributed by atoms with Crippen molar-refractivity contribution in [2.75, 3.05) is 47.5 Å². The maximum absolute atomic E-state index is 12.9. The van der Waals surface area contributed by atoms with E-state index in [0.717, 1.165) is 141 Å². The first-order valence-corrected chi connectivity index (χ1v) is 36.9. The summed E-state index contributed by atoms with van der Waals surface area (Å²) in [6.45, 7) is 4.43. The molecule has 0 saturated heterocycles. The van der Waals surface area contributed by atoms with E-state index in [0.29, 0.717) is 23.9 Å². The molecule has 0 spiro atoms. The van der Waals surface area contributed by atoms with Gasteiger partial charge in [-0.25, -0.2) is 0 Å². The van der Waals surface area contributed by atoms with Gasteiger partial charge in [-0.1, -0.05) is 303 Å². The zero-order chi connectivity index (χ0) is 69.0. The Morgan fingerprint density at radius 3 is 0.874 bits per heavy atom. The molecule has 0 amide bonds. The predicted molar refractivity (Wildman–Crippen MR) is 407 cm³/mol. The summed E-state index contributed by atoms with van der Waals surface area (Å²) in [6, 6.07) is 0. The molecule has 2 unspecified atom stereocenters. The van der Waals surface area contributed by atoms with Crippen LogP contribution in [-0.4, -0.2) is 82.3 Å². The van der Waals surface area contributed by atoms with Crippen molar-refractivity contribution < 1.29 is 42.9 Å². The van der Waals surface area contributed by atoms with Gasteiger partial charge in [0.15, 0.2) is 12.4 Å². The normalized spacial score (nSPS) is 14.0. The number of carbonyl (C=O) groups is 3. The quantitative estimate of drug-likeness (QED) is 0.0195. The summed E-state index contributed by atoms with van der Waals surface area (Å²) < 4.78 is 22.7. The van der Waals surface area contributed by atoms with Crippen molar-refractivity contribution in [1.82, 2.24) is 0 Å². The lowest BCUT2D eigenvalue weighted by Gasteiger charge is -2.26. The first kappa shape index (κ1) is 88.6. The number of hydrogen-bond acceptors (Lipinski definition) is 8. The van der Waals surface area contributed by atoms with Gasteiger partial charge < -0.3 is 33.3 Å². The van der Waals surface area contributed by atoms with Gasteiger partial charge in [-0.15, -0.1) is 0 Å². The highest BCUT2D eigenvalue weighted by atomic mass is 16.7. The Hall–Kier alpha value is -6.39. The molecule has 0 rings (SSSR count). The van der Waals surface area contributed by atoms with E-state index in [9.17, 15) is 19.5 Å². The summed E-state index contributed by atoms with van der Waals surface area (Å²) in [7, 11) is 5.90. The van der Waals surface area contributed by atoms with E-state index in [4.69, 9.17) is 18.9 Å². The second-order valence-electron chi connectivity index (χ2n) is 24.8. The van der Waals surface area contributed by atoms with Gasteiger partial charge in [0.25, 0.3) is 0 Å². The number of nitrogens with zero attached hydrogens (tertiary/aromatic N) is 1. The smallest absolute Gasteiger partial charge is 0.306 e. The highest BCUT2D eigenvalue weighted by molar-refractivity contribution is 5.70. The van der Waals surface area contributed by atoms with Crippen molar-refractivity contribution in [2.24, 2.45) is 0 Å². The highest BCUT2D eigenvalue weighted by Crippen LogP contribution is 2.15. The fourth-order valence-electron chi connectivity index (χ4n) is 9.18. The molecule has 2 atom stereocenters. The van der Waals surface area contributed by atoms with E-state index in [1.54, 1.807) is 0 Å². The molecule has 530 valence electrons. The zero-order valence-electron chi connectivity index (χ0n) is 60.4. The van der Waals surface area contributed by atoms with Crippen molar-refractivity contribution in [3.63, 3.8) is 0 Å². The van der Waals surface area contributed by atoms with Gasteiger partial charge in [-0.2, -0.15) is 0 Å². The van der Waals surface area contributed by atoms with Crippen molar-refractivity contribution in [3.05, 3.63) is 219 Å². The van der Waals surface area contributed by atoms with E-state index in [1.165, 1.54) is 64.2 Å². The average Bonchev–Trinajstić information content (AvgIpc) is 3.54. The monoisotopic (exact) mass is 1310 g/mol. The van der Waals surface area contributed by atoms with Gasteiger partial charge in [0.05, 0.1) is 40.3 Å². The topological polar surface area (TPSA) is 111 Å². The summed E-state index contributed by atoms with van der Waals surface area (Å²) in [5.41, 5.74) is 0. The Morgan fingerprint density at radius 2 is 0.579 bits per heavy atom. The van der Waals surface area contributed by atoms with Gasteiger partial charge in [0.2, 0.25) is 0 Å². The minimum absolute atomic E-state index is 0.127. The number of unbranched alkanes of at least 4 members (excludes halogenated alkanes) is 14. The number of carboxylic acid groups (broad SMARTS) is 1. The number of carboxylic acids is 1. The Balaban J connectivity index is 4.23. The van der Waals surface area contributed by atoms with Crippen LogP contribution in [0.4, 0.5) is 0 Å². The van der Waals surface area contributed by atoms with E-state index in [-0.39, 0.29) is 32.7 Å². The lowest BCUT2D eigenvalue weighted by Crippen LogP contribution is -2.44. The Kier molecular flexibility index (Phi) is 68.5. The van der Waals surface area contributed by atoms with Gasteiger partial charge >= 0.3 is 11.9 Å². The lowest BCUT2D eigenvalue weighted by molar-refractivity contribution is -0.870. The summed E-state index contributed by atoms with van der Waals surface area (Å²) in [5.74, 6) is -2.39. The number of esters is 2. The van der Waals surface area contributed by atoms with Gasteiger partial charge in [-0.05, 0) is 148 Å². The number of hydrogen-bond donors (Lipinski definition) is 0. The maximum Gasteiger partial charge on any atom is 0.306 e. The first-order chi connectivity index (χ1) is 46.6. The molecule has 9 heteroatoms. The fraction of sp³-hybridized carbons (Fsp3) is 0.547. The molecule has 0 aliphatic heterocycles. The van der Waals surface area contributed by atoms with E-state index in [1.807, 2.05) is 21.1 Å². The van der Waals surface area contributed by atoms with Crippen molar-refractivity contribution >= 4 is 17.9 Å². The second kappa shape index (κ2) is 73.4. The molecular formula is C86H133NO8. The first-order valence-electron chi connectivity index (χ1n) is 36.9. The molecular weight excluding hydrogens is 1170 g/mol. The second-order valence-corrected chi connectivity index (χ2v) is 24.8. The summed E-state index contributed by atoms with van der Waals surface area (Å²) >= 11 is 0. The number of rotatable bonds is 65. The third kappa shape index (κ3) is 74.9. The summed E-state index contributed by atoms with van der Waals surface area (Å²) in [6.07, 6.45) is 113. The number of ether oxygens (including phenoxy) is 4. The zero-order valence-corrected chi connectivity index (χ0v) is 60.4. The molecule has 0 aromatic carbocycles. The molecule has 95 heavy (non-hydrogen) atoms. The number of carbonyl (C=O) groups excluding carboxylic acids is 3. The maximum atomic E-state index is 12.9. The number of aliphatic carboxylic acids is 1. The van der Waals surface area contributed by atoms with Gasteiger partial charge in [0.1, 0.15) is 13.2 Å². The average molecular weight is 1310 g/mol. The molecule has 0 fully saturated rings. The largest absolute Gasteiger partial charge is 0.545 e. The SMILES string of the molecule is CC/C=C\C/C=C\C/C=C\C/C=C\C/C=C\C/C=C\C/C=C\C/C=C\C/C=C\CCCCCCCCCCCCCCCC(=O)OC(COC(=O)CCC/C=C\C/C=C\C/C=C\C/C=C\C/C=C\C/C=C\C/C=C\C/C=C\C/C=C\CC)COC(OCC[N+](C)(C)C)C(=O)[O-]. The highest BCUT2D eigenvalue weighted by Gasteiger charge is 2.22. The van der Waals surface area contributed by atoms with Crippen LogP contribution in [0.3, 0.4) is 0 Å². The number of likely N-dealkylation sites (N-methyl/N-ethyl adjacent to an activating group) is 1. The molecule has 0 saturated carbocycles. The minimum Gasteiger partial charge on any atom is -0.545 e. The van der Waals surface area contributed by atoms with Gasteiger partial charge in [-0.3, -0.25) is 9.59 Å². The van der Waals surface area contributed by atoms with Crippen LogP contribution in [0.5, 0.6) is 0 Å². The van der Waals surface area contributed by atoms with Crippen LogP contribution in [0.15, 0.2) is 219 Å². The molecule has 0 aliphatic carbocycles. The standard InChI is InChI=1S/C86H133NO8/c1-6-8-10-12-14-16-18-20-22-24-26-28-30-32-34-36-37-38-39-40-41-42-43-44-45-46-47-49-51-53-55-57-59-61-63-65-67-69-71-73-75-77-84(89)95-82(81-94-86(85(90)91)92-79-78-87(3,4)5)80-93-83(88)76-74-72-70-68-66-64-62-60-58-56-54-52-50-48-35-33-31-29-27-25-23-21-19-17-15-13-11-9-7-2/h8-11,14-17,20-23,26-29,32-35,37-38,40-41,43-44,46-47,50,52,56,58,62,64,68,70,82,86H,6-7,12-13,18-19,24-25,30-31,36,39,42,45,48-49,51,53-55,57,59-61,63,65-67,69,71-81H2,1-5H3/b10-8-,11-9-,16-14-,17-15-,22-20-,23-21-,28-26-,29-27-,34-32-,35-33-,38-37-,41-40-,44-43-,47-46-,52-50-,58-56-,64-62-,70-68-. The van der Waals surface area contributed by atoms with Crippen LogP contribution in [0.1, 0.15) is 245 Å². The predicted octanol–water partition coefficient (Wildman–Crippen LogP) is 22.4. The third-order valence-electron chi connectivity index (χ3n) is 14.7. The lowest BCUT2D eigenvalue weighted by atomic mass is 10.0. The number of quaternary nitrogens is 1. The van der Waals surface area contributed by atoms with E-state index >= 15 is 0 Å². The van der Waals surface area contributed by atoms with Crippen molar-refractivity contribution in [2.45, 2.75) is 257 Å². The van der Waals surface area contributed by atoms with E-state index in [2.05, 4.69) is 233 Å². The molecule has 0 bridgehead atoms. The van der Waals surface area contributed by atoms with Crippen LogP contribution in [0.2, 0.25) is 0 Å². The van der Waals surface area contributed by atoms with Crippen LogP contribution >= 0.6 is 0 Å². The molecule has 0 aromatic rings. The summed E-state index contributed by atoms with van der Waals surface area (Å²) in [4.78, 5) is 37.5. The van der Waals surface area contributed by atoms with Crippen molar-refractivity contribution in [1.29, 1.82) is 0 Å². The van der Waals surface area contributed by atoms with Crippen molar-refractivity contribution in [3.8, 4) is 0 Å². The van der Waals surface area contributed by atoms with E-state index < -0.39 is 30.3 Å². The fourth-order valence-corrected chi connectivity index (χ4v) is 9.18. The molecule has 0 aromatic heterocycles. The summed E-state index contributed by atoms with van der Waals surface area (Å²) in [5, 5.41) is 11.8. The van der Waals surface area contributed by atoms with Crippen LogP contribution in [0.25, 0.3) is 0 Å². The molecule has 9 nitrogen and oxygen atoms in total. The third-order valence-corrected chi connectivity index (χ3v) is 14.7. The minimum atomic E-state index is -1.65. The molecule has 0 heterocycles. The Bertz CT molecular complexity index is 2370. The van der Waals surface area contributed by atoms with Crippen LogP contribution in [-0.2, 0) is 33.3 Å². The van der Waals surface area contributed by atoms with Gasteiger partial charge in [0, 0.05) is 12.8 Å². The molecule has 0 radical (unpaired) electrons. The van der Waals surface area contributed by atoms with Crippen LogP contribution in [0, 0.1) is 0 Å². The molecule has 0 aliphatic rings. The number of allylic oxidation sites excluding steroid dienone is 36.